The molecule has 0 unspecified atom stereocenters. The van der Waals surface area contributed by atoms with E-state index in [0.717, 1.165) is 0 Å². The second-order valence-electron chi connectivity index (χ2n) is 3.37. The first-order chi connectivity index (χ1) is 5.45. The Balaban J connectivity index is 3.79. The molecule has 0 radical (unpaired) electrons. The van der Waals surface area contributed by atoms with E-state index >= 15 is 0 Å². The molecule has 0 rings (SSSR count). The molecule has 0 aliphatic heterocycles. The highest BCUT2D eigenvalue weighted by Gasteiger charge is 2.12. The minimum absolute atomic E-state index is 0.0157. The third kappa shape index (κ3) is 4.11. The van der Waals surface area contributed by atoms with Crippen molar-refractivity contribution in [2.45, 2.75) is 27.2 Å². The van der Waals surface area contributed by atoms with Gasteiger partial charge in [0.1, 0.15) is 5.78 Å². The molecule has 0 spiro atoms. The summed E-state index contributed by atoms with van der Waals surface area (Å²) in [6.45, 7) is 5.78. The van der Waals surface area contributed by atoms with Gasteiger partial charge in [0.05, 0.1) is 0 Å². The fraction of sp³-hybridized carbons (Fsp3) is 0.778. The van der Waals surface area contributed by atoms with Crippen LogP contribution in [0.3, 0.4) is 0 Å². The molecule has 1 amide bonds. The highest BCUT2D eigenvalue weighted by molar-refractivity contribution is 5.79. The van der Waals surface area contributed by atoms with Crippen LogP contribution in [0.4, 0.5) is 0 Å². The van der Waals surface area contributed by atoms with Gasteiger partial charge in [0.25, 0.3) is 0 Å². The Hall–Kier alpha value is -0.860. The predicted molar refractivity (Wildman–Crippen MR) is 47.8 cm³/mol. The van der Waals surface area contributed by atoms with Crippen LogP contribution in [-0.2, 0) is 9.59 Å². The maximum absolute atomic E-state index is 11.3. The van der Waals surface area contributed by atoms with E-state index in [0.29, 0.717) is 13.0 Å². The molecule has 0 aromatic rings. The number of carbonyl (C=O) groups is 2. The van der Waals surface area contributed by atoms with Crippen molar-refractivity contribution in [1.82, 2.24) is 4.90 Å². The highest BCUT2D eigenvalue weighted by atomic mass is 16.2. The van der Waals surface area contributed by atoms with Crippen LogP contribution in [0.15, 0.2) is 0 Å². The Morgan fingerprint density at radius 2 is 1.83 bits per heavy atom. The van der Waals surface area contributed by atoms with E-state index in [9.17, 15) is 9.59 Å². The lowest BCUT2D eigenvalue weighted by Gasteiger charge is -2.18. The number of Topliss-reactive ketones (excluding diaryl/α,β-unsaturated/α-hetero) is 1. The highest BCUT2D eigenvalue weighted by Crippen LogP contribution is 1.99. The molecule has 0 bridgehead atoms. The fourth-order valence-corrected chi connectivity index (χ4v) is 0.876. The first-order valence-electron chi connectivity index (χ1n) is 4.19. The average Bonchev–Trinajstić information content (AvgIpc) is 1.98. The number of nitrogens with zero attached hydrogens (tertiary/aromatic N) is 1. The lowest BCUT2D eigenvalue weighted by Crippen LogP contribution is -2.32. The van der Waals surface area contributed by atoms with Gasteiger partial charge in [-0.25, -0.2) is 0 Å². The van der Waals surface area contributed by atoms with Crippen LogP contribution in [0.25, 0.3) is 0 Å². The Morgan fingerprint density at radius 3 is 2.17 bits per heavy atom. The molecule has 0 aliphatic rings. The molecular weight excluding hydrogens is 154 g/mol. The summed E-state index contributed by atoms with van der Waals surface area (Å²) in [4.78, 5) is 23.5. The number of hydrogen-bond acceptors (Lipinski definition) is 2. The van der Waals surface area contributed by atoms with E-state index in [1.54, 1.807) is 11.9 Å². The van der Waals surface area contributed by atoms with Crippen molar-refractivity contribution in [2.24, 2.45) is 5.92 Å². The molecule has 0 N–H and O–H groups in total. The molecule has 0 atom stereocenters. The molecule has 0 saturated carbocycles. The van der Waals surface area contributed by atoms with Crippen molar-refractivity contribution in [2.75, 3.05) is 13.6 Å². The fourth-order valence-electron chi connectivity index (χ4n) is 0.876. The van der Waals surface area contributed by atoms with Crippen molar-refractivity contribution in [3.8, 4) is 0 Å². The minimum atomic E-state index is 0.0157. The summed E-state index contributed by atoms with van der Waals surface area (Å²) in [6.07, 6.45) is 0.453. The van der Waals surface area contributed by atoms with Crippen LogP contribution in [0, 0.1) is 5.92 Å². The molecule has 0 aromatic heterocycles. The monoisotopic (exact) mass is 171 g/mol. The molecule has 0 fully saturated rings. The molecule has 3 heteroatoms. The first kappa shape index (κ1) is 11.1. The molecule has 0 saturated heterocycles. The summed E-state index contributed by atoms with van der Waals surface area (Å²) in [7, 11) is 1.73. The summed E-state index contributed by atoms with van der Waals surface area (Å²) >= 11 is 0. The Labute approximate surface area is 73.7 Å². The lowest BCUT2D eigenvalue weighted by atomic mass is 10.2. The van der Waals surface area contributed by atoms with Gasteiger partial charge in [-0.3, -0.25) is 9.59 Å². The van der Waals surface area contributed by atoms with E-state index in [1.165, 1.54) is 6.92 Å². The molecule has 0 heterocycles. The van der Waals surface area contributed by atoms with Crippen LogP contribution < -0.4 is 0 Å². The zero-order valence-electron chi connectivity index (χ0n) is 8.26. The van der Waals surface area contributed by atoms with Gasteiger partial charge in [0.2, 0.25) is 5.91 Å². The maximum Gasteiger partial charge on any atom is 0.224 e. The van der Waals surface area contributed by atoms with Crippen molar-refractivity contribution >= 4 is 11.7 Å². The smallest absolute Gasteiger partial charge is 0.224 e. The Bertz CT molecular complexity index is 175. The summed E-state index contributed by atoms with van der Waals surface area (Å²) in [5.74, 6) is 0.233. The van der Waals surface area contributed by atoms with Crippen LogP contribution >= 0.6 is 0 Å². The topological polar surface area (TPSA) is 37.4 Å². The van der Waals surface area contributed by atoms with Gasteiger partial charge in [-0.2, -0.15) is 0 Å². The standard InChI is InChI=1S/C9H17NO2/c1-7(2)9(12)10(4)6-5-8(3)11/h7H,5-6H2,1-4H3. The summed E-state index contributed by atoms with van der Waals surface area (Å²) < 4.78 is 0. The molecule has 12 heavy (non-hydrogen) atoms. The molecular formula is C9H17NO2. The van der Waals surface area contributed by atoms with E-state index in [4.69, 9.17) is 0 Å². The number of hydrogen-bond donors (Lipinski definition) is 0. The SMILES string of the molecule is CC(=O)CCN(C)C(=O)C(C)C. The van der Waals surface area contributed by atoms with E-state index in [2.05, 4.69) is 0 Å². The van der Waals surface area contributed by atoms with Crippen molar-refractivity contribution in [1.29, 1.82) is 0 Å². The third-order valence-electron chi connectivity index (χ3n) is 1.67. The zero-order chi connectivity index (χ0) is 9.72. The summed E-state index contributed by atoms with van der Waals surface area (Å²) in [5, 5.41) is 0. The zero-order valence-corrected chi connectivity index (χ0v) is 8.26. The van der Waals surface area contributed by atoms with Gasteiger partial charge in [-0.1, -0.05) is 13.8 Å². The average molecular weight is 171 g/mol. The quantitative estimate of drug-likeness (QED) is 0.634. The first-order valence-corrected chi connectivity index (χ1v) is 4.19. The Kier molecular flexibility index (Phi) is 4.55. The Morgan fingerprint density at radius 1 is 1.33 bits per heavy atom. The van der Waals surface area contributed by atoms with Crippen LogP contribution in [-0.4, -0.2) is 30.2 Å². The normalized spacial score (nSPS) is 10.1. The maximum atomic E-state index is 11.3. The van der Waals surface area contributed by atoms with Gasteiger partial charge in [-0.15, -0.1) is 0 Å². The second kappa shape index (κ2) is 4.91. The van der Waals surface area contributed by atoms with Gasteiger partial charge in [-0.05, 0) is 6.92 Å². The molecule has 0 aliphatic carbocycles. The second-order valence-corrected chi connectivity index (χ2v) is 3.37. The van der Waals surface area contributed by atoms with Crippen molar-refractivity contribution < 1.29 is 9.59 Å². The minimum Gasteiger partial charge on any atom is -0.345 e. The van der Waals surface area contributed by atoms with Crippen LogP contribution in [0.1, 0.15) is 27.2 Å². The largest absolute Gasteiger partial charge is 0.345 e. The number of rotatable bonds is 4. The van der Waals surface area contributed by atoms with E-state index < -0.39 is 0 Å². The molecule has 3 nitrogen and oxygen atoms in total. The lowest BCUT2D eigenvalue weighted by molar-refractivity contribution is -0.133. The number of amides is 1. The summed E-state index contributed by atoms with van der Waals surface area (Å²) in [5.41, 5.74) is 0. The number of ketones is 1. The van der Waals surface area contributed by atoms with Gasteiger partial charge >= 0.3 is 0 Å². The van der Waals surface area contributed by atoms with E-state index in [-0.39, 0.29) is 17.6 Å². The van der Waals surface area contributed by atoms with Gasteiger partial charge in [0.15, 0.2) is 0 Å². The number of carbonyl (C=O) groups excluding carboxylic acids is 2. The van der Waals surface area contributed by atoms with Crippen LogP contribution in [0.5, 0.6) is 0 Å². The van der Waals surface area contributed by atoms with Crippen molar-refractivity contribution in [3.63, 3.8) is 0 Å². The molecule has 70 valence electrons. The van der Waals surface area contributed by atoms with Gasteiger partial charge < -0.3 is 4.90 Å². The van der Waals surface area contributed by atoms with Crippen LogP contribution in [0.2, 0.25) is 0 Å². The van der Waals surface area contributed by atoms with Gasteiger partial charge in [0, 0.05) is 25.9 Å². The predicted octanol–water partition coefficient (Wildman–Crippen LogP) is 1.08. The third-order valence-corrected chi connectivity index (χ3v) is 1.67. The van der Waals surface area contributed by atoms with Crippen molar-refractivity contribution in [3.05, 3.63) is 0 Å². The molecule has 0 aromatic carbocycles. The summed E-state index contributed by atoms with van der Waals surface area (Å²) in [6, 6.07) is 0. The van der Waals surface area contributed by atoms with E-state index in [1.807, 2.05) is 13.8 Å².